The molecule has 24 heavy (non-hydrogen) atoms. The number of nitrogens with zero attached hydrogens (tertiary/aromatic N) is 2. The summed E-state index contributed by atoms with van der Waals surface area (Å²) < 4.78 is 18.9. The van der Waals surface area contributed by atoms with Crippen molar-refractivity contribution >= 4 is 11.6 Å². The zero-order valence-corrected chi connectivity index (χ0v) is 13.4. The van der Waals surface area contributed by atoms with E-state index in [2.05, 4.69) is 10.3 Å². The molecule has 1 aliphatic heterocycles. The first-order valence-electron chi connectivity index (χ1n) is 8.04. The molecule has 1 N–H and O–H groups in total. The molecule has 2 heterocycles. The van der Waals surface area contributed by atoms with Crippen molar-refractivity contribution in [3.8, 4) is 0 Å². The van der Waals surface area contributed by atoms with E-state index >= 15 is 0 Å². The number of rotatable bonds is 5. The second-order valence-corrected chi connectivity index (χ2v) is 5.60. The summed E-state index contributed by atoms with van der Waals surface area (Å²) in [6.07, 6.45) is 2.18. The van der Waals surface area contributed by atoms with Gasteiger partial charge in [-0.15, -0.1) is 0 Å². The second-order valence-electron chi connectivity index (χ2n) is 5.60. The van der Waals surface area contributed by atoms with Gasteiger partial charge in [0.1, 0.15) is 11.5 Å². The minimum Gasteiger partial charge on any atom is -0.385 e. The van der Waals surface area contributed by atoms with E-state index in [0.29, 0.717) is 50.5 Å². The highest BCUT2D eigenvalue weighted by Crippen LogP contribution is 2.12. The summed E-state index contributed by atoms with van der Waals surface area (Å²) >= 11 is 0. The number of morpholine rings is 1. The third kappa shape index (κ3) is 4.08. The zero-order valence-electron chi connectivity index (χ0n) is 13.4. The van der Waals surface area contributed by atoms with Crippen molar-refractivity contribution in [2.75, 3.05) is 38.2 Å². The molecule has 0 unspecified atom stereocenters. The molecule has 1 fully saturated rings. The molecular weight excluding hydrogens is 309 g/mol. The largest absolute Gasteiger partial charge is 0.385 e. The highest BCUT2D eigenvalue weighted by molar-refractivity contribution is 5.93. The lowest BCUT2D eigenvalue weighted by atomic mass is 10.1. The molecule has 0 bridgehead atoms. The molecular formula is C18H20FN3O2. The van der Waals surface area contributed by atoms with Crippen LogP contribution in [0.5, 0.6) is 0 Å². The zero-order chi connectivity index (χ0) is 16.8. The van der Waals surface area contributed by atoms with Crippen LogP contribution in [0.1, 0.15) is 16.1 Å². The Kier molecular flexibility index (Phi) is 5.38. The first kappa shape index (κ1) is 16.4. The van der Waals surface area contributed by atoms with Crippen LogP contribution in [-0.4, -0.2) is 48.6 Å². The molecule has 0 saturated carbocycles. The van der Waals surface area contributed by atoms with E-state index in [1.54, 1.807) is 35.4 Å². The Balaban J connectivity index is 1.59. The van der Waals surface area contributed by atoms with Crippen molar-refractivity contribution in [2.45, 2.75) is 6.42 Å². The number of halogens is 1. The number of benzene rings is 1. The Morgan fingerprint density at radius 3 is 2.83 bits per heavy atom. The Bertz CT molecular complexity index is 702. The molecule has 6 heteroatoms. The van der Waals surface area contributed by atoms with E-state index in [4.69, 9.17) is 4.74 Å². The predicted molar refractivity (Wildman–Crippen MR) is 89.6 cm³/mol. The number of hydrogen-bond acceptors (Lipinski definition) is 4. The van der Waals surface area contributed by atoms with Crippen molar-refractivity contribution in [3.63, 3.8) is 0 Å². The molecule has 126 valence electrons. The van der Waals surface area contributed by atoms with Crippen LogP contribution in [0.15, 0.2) is 42.6 Å². The number of aromatic nitrogens is 1. The second kappa shape index (κ2) is 7.88. The van der Waals surface area contributed by atoms with Crippen LogP contribution in [-0.2, 0) is 11.2 Å². The van der Waals surface area contributed by atoms with Gasteiger partial charge in [0.2, 0.25) is 0 Å². The van der Waals surface area contributed by atoms with E-state index in [-0.39, 0.29) is 11.7 Å². The number of nitrogens with one attached hydrogen (secondary N) is 1. The molecule has 5 nitrogen and oxygen atoms in total. The maximum absolute atomic E-state index is 13.6. The predicted octanol–water partition coefficient (Wildman–Crippen LogP) is 2.35. The van der Waals surface area contributed by atoms with Gasteiger partial charge in [-0.25, -0.2) is 4.39 Å². The molecule has 0 atom stereocenters. The topological polar surface area (TPSA) is 54.5 Å². The standard InChI is InChI=1S/C18H20FN3O2/c19-16-4-2-1-3-14(16)5-7-20-15-6-8-21-17(13-15)18(23)22-9-11-24-12-10-22/h1-4,6,8,13H,5,7,9-12H2,(H,20,21). The van der Waals surface area contributed by atoms with Crippen LogP contribution in [0, 0.1) is 5.82 Å². The summed E-state index contributed by atoms with van der Waals surface area (Å²) in [5.41, 5.74) is 1.88. The van der Waals surface area contributed by atoms with Crippen LogP contribution in [0.2, 0.25) is 0 Å². The monoisotopic (exact) mass is 329 g/mol. The first-order chi connectivity index (χ1) is 11.7. The lowest BCUT2D eigenvalue weighted by Crippen LogP contribution is -2.41. The molecule has 1 amide bonds. The van der Waals surface area contributed by atoms with Gasteiger partial charge in [-0.05, 0) is 30.2 Å². The molecule has 1 aromatic heterocycles. The van der Waals surface area contributed by atoms with E-state index in [1.807, 2.05) is 6.07 Å². The van der Waals surface area contributed by atoms with Crippen molar-refractivity contribution < 1.29 is 13.9 Å². The Morgan fingerprint density at radius 1 is 1.25 bits per heavy atom. The van der Waals surface area contributed by atoms with Gasteiger partial charge in [-0.3, -0.25) is 9.78 Å². The Labute approximate surface area is 140 Å². The summed E-state index contributed by atoms with van der Waals surface area (Å²) in [4.78, 5) is 18.3. The van der Waals surface area contributed by atoms with Gasteiger partial charge in [0.25, 0.3) is 5.91 Å². The highest BCUT2D eigenvalue weighted by Gasteiger charge is 2.19. The van der Waals surface area contributed by atoms with Crippen LogP contribution in [0.3, 0.4) is 0 Å². The normalized spacial score (nSPS) is 14.5. The van der Waals surface area contributed by atoms with Gasteiger partial charge in [-0.2, -0.15) is 0 Å². The molecule has 1 aliphatic rings. The average molecular weight is 329 g/mol. The van der Waals surface area contributed by atoms with E-state index < -0.39 is 0 Å². The first-order valence-corrected chi connectivity index (χ1v) is 8.04. The fraction of sp³-hybridized carbons (Fsp3) is 0.333. The quantitative estimate of drug-likeness (QED) is 0.915. The summed E-state index contributed by atoms with van der Waals surface area (Å²) in [5, 5.41) is 3.22. The number of carbonyl (C=O) groups excluding carboxylic acids is 1. The van der Waals surface area contributed by atoms with Crippen LogP contribution in [0.25, 0.3) is 0 Å². The van der Waals surface area contributed by atoms with Crippen molar-refractivity contribution in [1.29, 1.82) is 0 Å². The third-order valence-corrected chi connectivity index (χ3v) is 3.96. The number of ether oxygens (including phenoxy) is 1. The molecule has 0 spiro atoms. The summed E-state index contributed by atoms with van der Waals surface area (Å²) in [6.45, 7) is 2.88. The maximum atomic E-state index is 13.6. The van der Waals surface area contributed by atoms with Gasteiger partial charge >= 0.3 is 0 Å². The molecule has 1 saturated heterocycles. The van der Waals surface area contributed by atoms with Gasteiger partial charge in [0.05, 0.1) is 13.2 Å². The average Bonchev–Trinajstić information content (AvgIpc) is 2.64. The Hall–Kier alpha value is -2.47. The number of anilines is 1. The molecule has 0 radical (unpaired) electrons. The third-order valence-electron chi connectivity index (χ3n) is 3.96. The maximum Gasteiger partial charge on any atom is 0.272 e. The Morgan fingerprint density at radius 2 is 2.04 bits per heavy atom. The van der Waals surface area contributed by atoms with Crippen molar-refractivity contribution in [1.82, 2.24) is 9.88 Å². The summed E-state index contributed by atoms with van der Waals surface area (Å²) in [5.74, 6) is -0.284. The van der Waals surface area contributed by atoms with Crippen molar-refractivity contribution in [3.05, 3.63) is 59.7 Å². The lowest BCUT2D eigenvalue weighted by Gasteiger charge is -2.26. The summed E-state index contributed by atoms with van der Waals surface area (Å²) in [6, 6.07) is 10.3. The number of hydrogen-bond donors (Lipinski definition) is 1. The smallest absolute Gasteiger partial charge is 0.272 e. The minimum atomic E-state index is -0.197. The number of pyridine rings is 1. The van der Waals surface area contributed by atoms with Crippen molar-refractivity contribution in [2.24, 2.45) is 0 Å². The number of carbonyl (C=O) groups is 1. The molecule has 0 aliphatic carbocycles. The van der Waals surface area contributed by atoms with Gasteiger partial charge in [-0.1, -0.05) is 18.2 Å². The van der Waals surface area contributed by atoms with Gasteiger partial charge in [0, 0.05) is 31.5 Å². The fourth-order valence-electron chi connectivity index (χ4n) is 2.63. The van der Waals surface area contributed by atoms with Crippen LogP contribution < -0.4 is 5.32 Å². The molecule has 3 rings (SSSR count). The van der Waals surface area contributed by atoms with E-state index in [0.717, 1.165) is 5.69 Å². The minimum absolute atomic E-state index is 0.0870. The van der Waals surface area contributed by atoms with E-state index in [1.165, 1.54) is 6.07 Å². The molecule has 1 aromatic carbocycles. The van der Waals surface area contributed by atoms with E-state index in [9.17, 15) is 9.18 Å². The highest BCUT2D eigenvalue weighted by atomic mass is 19.1. The fourth-order valence-corrected chi connectivity index (χ4v) is 2.63. The number of amides is 1. The summed E-state index contributed by atoms with van der Waals surface area (Å²) in [7, 11) is 0. The van der Waals surface area contributed by atoms with Gasteiger partial charge < -0.3 is 15.0 Å². The lowest BCUT2D eigenvalue weighted by molar-refractivity contribution is 0.0299. The van der Waals surface area contributed by atoms with Crippen LogP contribution in [0.4, 0.5) is 10.1 Å². The van der Waals surface area contributed by atoms with Crippen LogP contribution >= 0.6 is 0 Å². The SMILES string of the molecule is O=C(c1cc(NCCc2ccccc2F)ccn1)N1CCOCC1. The molecule has 2 aromatic rings. The van der Waals surface area contributed by atoms with Gasteiger partial charge in [0.15, 0.2) is 0 Å².